The molecule has 0 saturated heterocycles. The Balaban J connectivity index is 1.95. The van der Waals surface area contributed by atoms with Crippen LogP contribution in [0.1, 0.15) is 18.1 Å². The van der Waals surface area contributed by atoms with Crippen LogP contribution >= 0.6 is 0 Å². The van der Waals surface area contributed by atoms with E-state index in [2.05, 4.69) is 5.32 Å². The Bertz CT molecular complexity index is 830. The molecule has 0 radical (unpaired) electrons. The van der Waals surface area contributed by atoms with Gasteiger partial charge in [0, 0.05) is 13.5 Å². The van der Waals surface area contributed by atoms with Crippen LogP contribution in [0.4, 0.5) is 0 Å². The third-order valence-corrected chi connectivity index (χ3v) is 4.05. The molecule has 0 aliphatic rings. The van der Waals surface area contributed by atoms with Gasteiger partial charge in [-0.3, -0.25) is 9.59 Å². The van der Waals surface area contributed by atoms with Crippen molar-refractivity contribution in [1.82, 2.24) is 5.32 Å². The number of methoxy groups -OCH3 is 1. The molecule has 2 rings (SSSR count). The second kappa shape index (κ2) is 10.8. The predicted molar refractivity (Wildman–Crippen MR) is 106 cm³/mol. The van der Waals surface area contributed by atoms with E-state index in [1.807, 2.05) is 36.4 Å². The third kappa shape index (κ3) is 7.15. The van der Waals surface area contributed by atoms with Crippen LogP contribution in [-0.2, 0) is 27.2 Å². The third-order valence-electron chi connectivity index (χ3n) is 4.05. The summed E-state index contributed by atoms with van der Waals surface area (Å²) in [6.07, 6.45) is 2.79. The highest BCUT2D eigenvalue weighted by Gasteiger charge is 2.09. The van der Waals surface area contributed by atoms with Crippen LogP contribution in [0.5, 0.6) is 11.5 Å². The quantitative estimate of drug-likeness (QED) is 0.514. The standard InChI is InChI=1S/C22H25NO5/c1-16(24)28-15-19(9-8-17-6-4-3-5-7-17)14-23-22(26)13-18-10-11-20(25)21(12-18)27-2/h3-7,9-12,25H,8,13-15H2,1-2H3,(H,23,26)/b19-9-. The van der Waals surface area contributed by atoms with Crippen molar-refractivity contribution < 1.29 is 24.2 Å². The minimum Gasteiger partial charge on any atom is -0.504 e. The van der Waals surface area contributed by atoms with Crippen molar-refractivity contribution >= 4 is 11.9 Å². The van der Waals surface area contributed by atoms with Crippen molar-refractivity contribution in [2.45, 2.75) is 19.8 Å². The van der Waals surface area contributed by atoms with Gasteiger partial charge in [0.1, 0.15) is 6.61 Å². The van der Waals surface area contributed by atoms with Gasteiger partial charge in [0.2, 0.25) is 5.91 Å². The van der Waals surface area contributed by atoms with Gasteiger partial charge in [-0.1, -0.05) is 42.5 Å². The summed E-state index contributed by atoms with van der Waals surface area (Å²) in [7, 11) is 1.46. The van der Waals surface area contributed by atoms with Crippen molar-refractivity contribution in [3.8, 4) is 11.5 Å². The lowest BCUT2D eigenvalue weighted by atomic mass is 10.1. The minimum absolute atomic E-state index is 0.0270. The lowest BCUT2D eigenvalue weighted by molar-refractivity contribution is -0.139. The van der Waals surface area contributed by atoms with Crippen LogP contribution in [-0.4, -0.2) is 37.2 Å². The van der Waals surface area contributed by atoms with Gasteiger partial charge in [0.05, 0.1) is 13.5 Å². The lowest BCUT2D eigenvalue weighted by Gasteiger charge is -2.11. The van der Waals surface area contributed by atoms with Crippen molar-refractivity contribution in [3.05, 3.63) is 71.3 Å². The summed E-state index contributed by atoms with van der Waals surface area (Å²) in [4.78, 5) is 23.4. The molecule has 0 unspecified atom stereocenters. The molecule has 28 heavy (non-hydrogen) atoms. The fraction of sp³-hybridized carbons (Fsp3) is 0.273. The van der Waals surface area contributed by atoms with Gasteiger partial charge in [0.15, 0.2) is 11.5 Å². The average molecular weight is 383 g/mol. The number of benzene rings is 2. The Morgan fingerprint density at radius 1 is 1.11 bits per heavy atom. The number of carbonyl (C=O) groups excluding carboxylic acids is 2. The highest BCUT2D eigenvalue weighted by Crippen LogP contribution is 2.26. The predicted octanol–water partition coefficient (Wildman–Crippen LogP) is 2.79. The first kappa shape index (κ1) is 21.0. The van der Waals surface area contributed by atoms with Crippen molar-refractivity contribution in [2.75, 3.05) is 20.3 Å². The van der Waals surface area contributed by atoms with Crippen LogP contribution in [0.25, 0.3) is 0 Å². The smallest absolute Gasteiger partial charge is 0.302 e. The highest BCUT2D eigenvalue weighted by atomic mass is 16.5. The van der Waals surface area contributed by atoms with Crippen molar-refractivity contribution in [2.24, 2.45) is 0 Å². The molecule has 1 amide bonds. The molecule has 0 fully saturated rings. The van der Waals surface area contributed by atoms with Crippen molar-refractivity contribution in [3.63, 3.8) is 0 Å². The van der Waals surface area contributed by atoms with Gasteiger partial charge in [-0.25, -0.2) is 0 Å². The fourth-order valence-corrected chi connectivity index (χ4v) is 2.54. The number of amides is 1. The number of phenolic OH excluding ortho intramolecular Hbond substituents is 1. The maximum atomic E-state index is 12.3. The Morgan fingerprint density at radius 3 is 2.54 bits per heavy atom. The summed E-state index contributed by atoms with van der Waals surface area (Å²) in [5, 5.41) is 12.5. The topological polar surface area (TPSA) is 84.9 Å². The van der Waals surface area contributed by atoms with Gasteiger partial charge in [-0.2, -0.15) is 0 Å². The van der Waals surface area contributed by atoms with Crippen LogP contribution in [0.2, 0.25) is 0 Å². The molecule has 6 nitrogen and oxygen atoms in total. The zero-order valence-corrected chi connectivity index (χ0v) is 16.1. The fourth-order valence-electron chi connectivity index (χ4n) is 2.54. The summed E-state index contributed by atoms with van der Waals surface area (Å²) in [5.41, 5.74) is 2.67. The molecular formula is C22H25NO5. The normalized spacial score (nSPS) is 11.0. The number of aromatic hydroxyl groups is 1. The van der Waals surface area contributed by atoms with Gasteiger partial charge < -0.3 is 19.9 Å². The van der Waals surface area contributed by atoms with E-state index in [0.29, 0.717) is 12.2 Å². The monoisotopic (exact) mass is 383 g/mol. The number of hydrogen-bond donors (Lipinski definition) is 2. The zero-order valence-electron chi connectivity index (χ0n) is 16.1. The SMILES string of the molecule is COc1cc(CC(=O)NC/C(=C/Cc2ccccc2)COC(C)=O)ccc1O. The van der Waals surface area contributed by atoms with E-state index in [9.17, 15) is 14.7 Å². The molecule has 148 valence electrons. The number of allylic oxidation sites excluding steroid dienone is 1. The largest absolute Gasteiger partial charge is 0.504 e. The van der Waals surface area contributed by atoms with Gasteiger partial charge >= 0.3 is 5.97 Å². The molecule has 2 aromatic carbocycles. The second-order valence-corrected chi connectivity index (χ2v) is 6.29. The molecule has 0 aromatic heterocycles. The molecule has 2 N–H and O–H groups in total. The van der Waals surface area contributed by atoms with E-state index in [1.165, 1.54) is 20.1 Å². The lowest BCUT2D eigenvalue weighted by Crippen LogP contribution is -2.28. The number of carbonyl (C=O) groups is 2. The Hall–Kier alpha value is -3.28. The van der Waals surface area contributed by atoms with Crippen molar-refractivity contribution in [1.29, 1.82) is 0 Å². The first-order valence-corrected chi connectivity index (χ1v) is 8.95. The molecule has 0 aliphatic carbocycles. The molecule has 0 atom stereocenters. The maximum Gasteiger partial charge on any atom is 0.302 e. The molecule has 0 aliphatic heterocycles. The zero-order chi connectivity index (χ0) is 20.4. The molecule has 0 spiro atoms. The number of esters is 1. The summed E-state index contributed by atoms with van der Waals surface area (Å²) < 4.78 is 10.1. The Labute approximate surface area is 164 Å². The number of ether oxygens (including phenoxy) is 2. The molecule has 6 heteroatoms. The van der Waals surface area contributed by atoms with Crippen LogP contribution < -0.4 is 10.1 Å². The number of hydrogen-bond acceptors (Lipinski definition) is 5. The summed E-state index contributed by atoms with van der Waals surface area (Å²) >= 11 is 0. The first-order valence-electron chi connectivity index (χ1n) is 8.95. The van der Waals surface area contributed by atoms with Crippen LogP contribution in [0.3, 0.4) is 0 Å². The van der Waals surface area contributed by atoms with Gasteiger partial charge in [0.25, 0.3) is 0 Å². The molecular weight excluding hydrogens is 358 g/mol. The van der Waals surface area contributed by atoms with E-state index < -0.39 is 0 Å². The van der Waals surface area contributed by atoms with E-state index in [0.717, 1.165) is 16.7 Å². The Kier molecular flexibility index (Phi) is 8.09. The first-order chi connectivity index (χ1) is 13.5. The second-order valence-electron chi connectivity index (χ2n) is 6.29. The summed E-state index contributed by atoms with van der Waals surface area (Å²) in [6, 6.07) is 14.7. The number of phenols is 1. The maximum absolute atomic E-state index is 12.3. The van der Waals surface area contributed by atoms with Crippen LogP contribution in [0.15, 0.2) is 60.2 Å². The molecule has 0 heterocycles. The van der Waals surface area contributed by atoms with E-state index in [-0.39, 0.29) is 37.2 Å². The Morgan fingerprint density at radius 2 is 1.86 bits per heavy atom. The number of nitrogens with one attached hydrogen (secondary N) is 1. The summed E-state index contributed by atoms with van der Waals surface area (Å²) in [5.74, 6) is -0.197. The minimum atomic E-state index is -0.367. The average Bonchev–Trinajstić information content (AvgIpc) is 2.69. The van der Waals surface area contributed by atoms with Crippen LogP contribution in [0, 0.1) is 0 Å². The highest BCUT2D eigenvalue weighted by molar-refractivity contribution is 5.79. The van der Waals surface area contributed by atoms with E-state index >= 15 is 0 Å². The summed E-state index contributed by atoms with van der Waals surface area (Å²) in [6.45, 7) is 1.77. The van der Waals surface area contributed by atoms with E-state index in [4.69, 9.17) is 9.47 Å². The molecule has 2 aromatic rings. The molecule has 0 bridgehead atoms. The molecule has 0 saturated carbocycles. The van der Waals surface area contributed by atoms with Gasteiger partial charge in [-0.05, 0) is 35.3 Å². The number of rotatable bonds is 9. The van der Waals surface area contributed by atoms with Gasteiger partial charge in [-0.15, -0.1) is 0 Å². The van der Waals surface area contributed by atoms with E-state index in [1.54, 1.807) is 12.1 Å².